The zero-order valence-electron chi connectivity index (χ0n) is 11.4. The van der Waals surface area contributed by atoms with Gasteiger partial charge in [0.1, 0.15) is 5.02 Å². The highest BCUT2D eigenvalue weighted by atomic mass is 35.5. The standard InChI is InChI=1S/C12H14ClF2N3O2.2ClH/c13-9-2-1-8(7-10(9)18(19)20)11(12(14)15)17-5-3-16-4-6-17;;/h1-2,7,11-12,16H,3-6H2;2*1H/t11-;;/m1../s1. The second kappa shape index (κ2) is 9.42. The van der Waals surface area contributed by atoms with Crippen LogP contribution in [0.3, 0.4) is 0 Å². The maximum Gasteiger partial charge on any atom is 0.288 e. The molecule has 126 valence electrons. The summed E-state index contributed by atoms with van der Waals surface area (Å²) in [5.41, 5.74) is -0.122. The first-order chi connectivity index (χ1) is 9.50. The molecule has 0 radical (unpaired) electrons. The lowest BCUT2D eigenvalue weighted by Crippen LogP contribution is -2.46. The molecule has 1 fully saturated rings. The molecular weight excluding hydrogens is 363 g/mol. The maximum atomic E-state index is 13.3. The van der Waals surface area contributed by atoms with Gasteiger partial charge in [-0.3, -0.25) is 15.0 Å². The van der Waals surface area contributed by atoms with Crippen molar-refractivity contribution in [2.75, 3.05) is 26.2 Å². The minimum Gasteiger partial charge on any atom is -0.314 e. The van der Waals surface area contributed by atoms with E-state index in [2.05, 4.69) is 5.32 Å². The van der Waals surface area contributed by atoms with Crippen molar-refractivity contribution in [3.8, 4) is 0 Å². The molecule has 0 aliphatic carbocycles. The summed E-state index contributed by atoms with van der Waals surface area (Å²) in [6.07, 6.45) is -2.62. The minimum atomic E-state index is -2.62. The third-order valence-electron chi connectivity index (χ3n) is 3.29. The Hall–Kier alpha value is -0.730. The SMILES string of the molecule is Cl.Cl.O=[N+]([O-])c1cc([C@H](C(F)F)N2CCNCC2)ccc1Cl. The van der Waals surface area contributed by atoms with E-state index < -0.39 is 17.4 Å². The summed E-state index contributed by atoms with van der Waals surface area (Å²) in [7, 11) is 0. The minimum absolute atomic E-state index is 0. The molecule has 0 bridgehead atoms. The predicted octanol–water partition coefficient (Wildman–Crippen LogP) is 3.30. The number of hydrogen-bond donors (Lipinski definition) is 1. The normalized spacial score (nSPS) is 16.5. The van der Waals surface area contributed by atoms with Crippen LogP contribution in [0.5, 0.6) is 0 Å². The number of nitro benzene ring substituents is 1. The molecule has 1 heterocycles. The molecule has 0 aromatic heterocycles. The second-order valence-corrected chi connectivity index (χ2v) is 4.94. The molecule has 1 saturated heterocycles. The van der Waals surface area contributed by atoms with E-state index in [4.69, 9.17) is 11.6 Å². The number of alkyl halides is 2. The van der Waals surface area contributed by atoms with Crippen molar-refractivity contribution >= 4 is 42.1 Å². The Morgan fingerprint density at radius 3 is 2.36 bits per heavy atom. The number of benzene rings is 1. The number of rotatable bonds is 4. The van der Waals surface area contributed by atoms with Crippen LogP contribution >= 0.6 is 36.4 Å². The van der Waals surface area contributed by atoms with Gasteiger partial charge in [-0.25, -0.2) is 8.78 Å². The zero-order valence-corrected chi connectivity index (χ0v) is 13.8. The van der Waals surface area contributed by atoms with Gasteiger partial charge in [0, 0.05) is 32.2 Å². The van der Waals surface area contributed by atoms with Crippen LogP contribution in [0.2, 0.25) is 5.02 Å². The Bertz CT molecular complexity index is 503. The number of piperazine rings is 1. The van der Waals surface area contributed by atoms with Crippen LogP contribution in [0, 0.1) is 10.1 Å². The van der Waals surface area contributed by atoms with Gasteiger partial charge in [0.2, 0.25) is 0 Å². The molecule has 1 aromatic carbocycles. The zero-order chi connectivity index (χ0) is 14.7. The second-order valence-electron chi connectivity index (χ2n) is 4.53. The highest BCUT2D eigenvalue weighted by molar-refractivity contribution is 6.32. The maximum absolute atomic E-state index is 13.3. The number of halogens is 5. The first-order valence-corrected chi connectivity index (χ1v) is 6.55. The predicted molar refractivity (Wildman–Crippen MR) is 85.8 cm³/mol. The van der Waals surface area contributed by atoms with E-state index in [1.54, 1.807) is 4.90 Å². The number of hydrogen-bond acceptors (Lipinski definition) is 4. The number of nitrogens with one attached hydrogen (secondary N) is 1. The lowest BCUT2D eigenvalue weighted by molar-refractivity contribution is -0.384. The molecule has 10 heteroatoms. The Balaban J connectivity index is 0.00000220. The highest BCUT2D eigenvalue weighted by Gasteiger charge is 2.31. The molecule has 2 rings (SSSR count). The molecule has 1 aliphatic heterocycles. The Morgan fingerprint density at radius 2 is 1.86 bits per heavy atom. The third kappa shape index (κ3) is 4.89. The van der Waals surface area contributed by atoms with E-state index in [1.165, 1.54) is 12.1 Å². The summed E-state index contributed by atoms with van der Waals surface area (Å²) in [6, 6.07) is 2.72. The lowest BCUT2D eigenvalue weighted by Gasteiger charge is -2.34. The lowest BCUT2D eigenvalue weighted by atomic mass is 10.0. The van der Waals surface area contributed by atoms with Crippen LogP contribution in [-0.2, 0) is 0 Å². The van der Waals surface area contributed by atoms with Crippen LogP contribution in [0.25, 0.3) is 0 Å². The topological polar surface area (TPSA) is 58.4 Å². The molecule has 0 spiro atoms. The quantitative estimate of drug-likeness (QED) is 0.645. The van der Waals surface area contributed by atoms with Gasteiger partial charge in [-0.1, -0.05) is 17.7 Å². The molecule has 1 aromatic rings. The Kier molecular flexibility index (Phi) is 9.11. The van der Waals surface area contributed by atoms with Gasteiger partial charge in [-0.05, 0) is 11.6 Å². The molecule has 1 N–H and O–H groups in total. The fraction of sp³-hybridized carbons (Fsp3) is 0.500. The summed E-state index contributed by atoms with van der Waals surface area (Å²) in [6.45, 7) is 2.20. The van der Waals surface area contributed by atoms with Crippen molar-refractivity contribution in [1.29, 1.82) is 0 Å². The summed E-state index contributed by atoms with van der Waals surface area (Å²) in [5.74, 6) is 0. The molecule has 0 unspecified atom stereocenters. The van der Waals surface area contributed by atoms with Crippen molar-refractivity contribution in [3.05, 3.63) is 38.9 Å². The largest absolute Gasteiger partial charge is 0.314 e. The molecular formula is C12H16Cl3F2N3O2. The summed E-state index contributed by atoms with van der Waals surface area (Å²) >= 11 is 5.71. The third-order valence-corrected chi connectivity index (χ3v) is 3.61. The van der Waals surface area contributed by atoms with Crippen molar-refractivity contribution < 1.29 is 13.7 Å². The Morgan fingerprint density at radius 1 is 1.27 bits per heavy atom. The summed E-state index contributed by atoms with van der Waals surface area (Å²) in [5, 5.41) is 13.9. The van der Waals surface area contributed by atoms with E-state index in [0.29, 0.717) is 26.2 Å². The molecule has 5 nitrogen and oxygen atoms in total. The van der Waals surface area contributed by atoms with Gasteiger partial charge in [0.05, 0.1) is 11.0 Å². The van der Waals surface area contributed by atoms with Crippen LogP contribution in [0.1, 0.15) is 11.6 Å². The van der Waals surface area contributed by atoms with Gasteiger partial charge in [0.25, 0.3) is 12.1 Å². The van der Waals surface area contributed by atoms with Crippen molar-refractivity contribution in [3.63, 3.8) is 0 Å². The van der Waals surface area contributed by atoms with E-state index in [1.807, 2.05) is 0 Å². The summed E-state index contributed by atoms with van der Waals surface area (Å²) in [4.78, 5) is 11.8. The van der Waals surface area contributed by atoms with Crippen LogP contribution < -0.4 is 5.32 Å². The van der Waals surface area contributed by atoms with Crippen LogP contribution in [0.4, 0.5) is 14.5 Å². The fourth-order valence-corrected chi connectivity index (χ4v) is 2.52. The van der Waals surface area contributed by atoms with Crippen LogP contribution in [-0.4, -0.2) is 42.4 Å². The van der Waals surface area contributed by atoms with Gasteiger partial charge in [-0.2, -0.15) is 0 Å². The first-order valence-electron chi connectivity index (χ1n) is 6.17. The van der Waals surface area contributed by atoms with E-state index in [0.717, 1.165) is 6.07 Å². The first kappa shape index (κ1) is 21.3. The number of nitro groups is 1. The summed E-state index contributed by atoms with van der Waals surface area (Å²) < 4.78 is 26.7. The monoisotopic (exact) mass is 377 g/mol. The molecule has 0 saturated carbocycles. The van der Waals surface area contributed by atoms with E-state index in [9.17, 15) is 18.9 Å². The van der Waals surface area contributed by atoms with Crippen molar-refractivity contribution in [2.45, 2.75) is 12.5 Å². The molecule has 0 amide bonds. The average Bonchev–Trinajstić information content (AvgIpc) is 2.41. The van der Waals surface area contributed by atoms with E-state index >= 15 is 0 Å². The smallest absolute Gasteiger partial charge is 0.288 e. The van der Waals surface area contributed by atoms with Crippen molar-refractivity contribution in [2.24, 2.45) is 0 Å². The van der Waals surface area contributed by atoms with Gasteiger partial charge >= 0.3 is 0 Å². The van der Waals surface area contributed by atoms with Crippen molar-refractivity contribution in [1.82, 2.24) is 10.2 Å². The average molecular weight is 379 g/mol. The molecule has 1 atom stereocenters. The number of nitrogens with zero attached hydrogens (tertiary/aromatic N) is 2. The Labute approximate surface area is 144 Å². The fourth-order valence-electron chi connectivity index (χ4n) is 2.33. The molecule has 22 heavy (non-hydrogen) atoms. The van der Waals surface area contributed by atoms with Gasteiger partial charge in [0.15, 0.2) is 0 Å². The van der Waals surface area contributed by atoms with Gasteiger partial charge < -0.3 is 5.32 Å². The van der Waals surface area contributed by atoms with E-state index in [-0.39, 0.29) is 41.1 Å². The molecule has 1 aliphatic rings. The van der Waals surface area contributed by atoms with Gasteiger partial charge in [-0.15, -0.1) is 24.8 Å². The highest BCUT2D eigenvalue weighted by Crippen LogP contribution is 2.33. The van der Waals surface area contributed by atoms with Crippen LogP contribution in [0.15, 0.2) is 18.2 Å².